The van der Waals surface area contributed by atoms with Gasteiger partial charge in [-0.2, -0.15) is 0 Å². The Labute approximate surface area is 171 Å². The van der Waals surface area contributed by atoms with Crippen molar-refractivity contribution in [3.63, 3.8) is 0 Å². The zero-order valence-corrected chi connectivity index (χ0v) is 16.7. The number of thioether (sulfide) groups is 1. The third-order valence-electron chi connectivity index (χ3n) is 4.70. The molecule has 2 aliphatic rings. The lowest BCUT2D eigenvalue weighted by molar-refractivity contribution is -0.124. The molecule has 0 saturated carbocycles. The van der Waals surface area contributed by atoms with Crippen molar-refractivity contribution in [1.29, 1.82) is 0 Å². The Morgan fingerprint density at radius 2 is 1.97 bits per heavy atom. The smallest absolute Gasteiger partial charge is 0.258 e. The van der Waals surface area contributed by atoms with Crippen LogP contribution in [0.2, 0.25) is 0 Å². The predicted octanol–water partition coefficient (Wildman–Crippen LogP) is 3.95. The molecule has 0 spiro atoms. The number of aliphatic imine (C=N–C) groups is 2. The number of halogens is 1. The van der Waals surface area contributed by atoms with Gasteiger partial charge in [-0.15, -0.1) is 0 Å². The maximum Gasteiger partial charge on any atom is 0.258 e. The van der Waals surface area contributed by atoms with Crippen LogP contribution in [0, 0.1) is 5.82 Å². The largest absolute Gasteiger partial charge is 0.323 e. The molecule has 2 aliphatic heterocycles. The minimum absolute atomic E-state index is 0.126. The summed E-state index contributed by atoms with van der Waals surface area (Å²) in [5.41, 5.74) is 1.62. The number of rotatable bonds is 4. The maximum atomic E-state index is 13.9. The van der Waals surface area contributed by atoms with E-state index in [1.54, 1.807) is 19.1 Å². The van der Waals surface area contributed by atoms with Crippen LogP contribution in [0.5, 0.6) is 0 Å². The number of anilines is 1. The van der Waals surface area contributed by atoms with Crippen molar-refractivity contribution in [3.05, 3.63) is 59.9 Å². The summed E-state index contributed by atoms with van der Waals surface area (Å²) in [4.78, 5) is 36.1. The van der Waals surface area contributed by atoms with Crippen molar-refractivity contribution < 1.29 is 14.0 Å². The second kappa shape index (κ2) is 7.79. The molecule has 2 heterocycles. The van der Waals surface area contributed by atoms with Crippen LogP contribution < -0.4 is 5.32 Å². The summed E-state index contributed by atoms with van der Waals surface area (Å²) in [6, 6.07) is 13.0. The molecule has 29 heavy (non-hydrogen) atoms. The van der Waals surface area contributed by atoms with Gasteiger partial charge >= 0.3 is 0 Å². The van der Waals surface area contributed by atoms with Gasteiger partial charge in [0.1, 0.15) is 17.7 Å². The molecule has 0 fully saturated rings. The molecule has 2 amide bonds. The lowest BCUT2D eigenvalue weighted by atomic mass is 10.1. The minimum Gasteiger partial charge on any atom is -0.323 e. The molecular weight excluding hydrogens is 391 g/mol. The number of hydrogen-bond donors (Lipinski definition) is 1. The van der Waals surface area contributed by atoms with E-state index < -0.39 is 17.1 Å². The molecule has 0 aromatic heterocycles. The van der Waals surface area contributed by atoms with Crippen LogP contribution in [0.4, 0.5) is 15.8 Å². The zero-order valence-electron chi connectivity index (χ0n) is 15.9. The van der Waals surface area contributed by atoms with Crippen LogP contribution in [-0.4, -0.2) is 39.0 Å². The van der Waals surface area contributed by atoms with E-state index in [9.17, 15) is 14.0 Å². The van der Waals surface area contributed by atoms with Crippen molar-refractivity contribution in [1.82, 2.24) is 4.90 Å². The van der Waals surface area contributed by atoms with Gasteiger partial charge in [0, 0.05) is 5.56 Å². The van der Waals surface area contributed by atoms with Gasteiger partial charge in [0.05, 0.1) is 16.6 Å². The number of fused-ring (bicyclic) bond motifs is 3. The maximum absolute atomic E-state index is 13.9. The van der Waals surface area contributed by atoms with Gasteiger partial charge in [0.2, 0.25) is 5.91 Å². The highest BCUT2D eigenvalue weighted by atomic mass is 32.2. The summed E-state index contributed by atoms with van der Waals surface area (Å²) < 4.78 is 13.9. The second-order valence-corrected chi connectivity index (χ2v) is 7.87. The Balaban J connectivity index is 1.62. The van der Waals surface area contributed by atoms with Gasteiger partial charge in [-0.1, -0.05) is 43.0 Å². The van der Waals surface area contributed by atoms with Crippen molar-refractivity contribution in [2.24, 2.45) is 9.98 Å². The predicted molar refractivity (Wildman–Crippen MR) is 113 cm³/mol. The second-order valence-electron chi connectivity index (χ2n) is 6.70. The molecule has 6 nitrogen and oxygen atoms in total. The number of benzene rings is 2. The molecule has 0 unspecified atom stereocenters. The Bertz CT molecular complexity index is 1050. The molecular formula is C21H19FN4O2S. The van der Waals surface area contributed by atoms with E-state index in [4.69, 9.17) is 0 Å². The standard InChI is InChI=1S/C21H19FN4O2S/c1-3-17(19(27)24-16-11-7-5-9-14(16)22)29-21-25-15-10-6-4-8-13(15)18-23-12(2)20(28)26(18)21/h4-12,17H,3H2,1-2H3,(H,24,27)/t12-,17+/m1/s1. The van der Waals surface area contributed by atoms with Gasteiger partial charge in [-0.3, -0.25) is 14.6 Å². The lowest BCUT2D eigenvalue weighted by Gasteiger charge is -2.27. The van der Waals surface area contributed by atoms with Crippen LogP contribution in [0.3, 0.4) is 0 Å². The Hall–Kier alpha value is -3.00. The summed E-state index contributed by atoms with van der Waals surface area (Å²) in [6.45, 7) is 3.60. The number of amidine groups is 2. The first-order valence-electron chi connectivity index (χ1n) is 9.31. The van der Waals surface area contributed by atoms with Crippen LogP contribution in [0.1, 0.15) is 25.8 Å². The number of hydrogen-bond acceptors (Lipinski definition) is 5. The molecule has 2 aromatic carbocycles. The molecule has 0 radical (unpaired) electrons. The van der Waals surface area contributed by atoms with Crippen molar-refractivity contribution in [2.75, 3.05) is 5.32 Å². The average molecular weight is 410 g/mol. The molecule has 0 aliphatic carbocycles. The minimum atomic E-state index is -0.552. The van der Waals surface area contributed by atoms with Crippen LogP contribution in [0.15, 0.2) is 58.5 Å². The van der Waals surface area contributed by atoms with Gasteiger partial charge in [0.25, 0.3) is 5.91 Å². The zero-order chi connectivity index (χ0) is 20.5. The fraction of sp³-hybridized carbons (Fsp3) is 0.238. The first-order chi connectivity index (χ1) is 14.0. The third-order valence-corrected chi connectivity index (χ3v) is 6.02. The van der Waals surface area contributed by atoms with Gasteiger partial charge in [-0.25, -0.2) is 14.3 Å². The molecule has 148 valence electrons. The van der Waals surface area contributed by atoms with Crippen LogP contribution in [0.25, 0.3) is 0 Å². The normalized spacial score (nSPS) is 18.5. The first kappa shape index (κ1) is 19.3. The fourth-order valence-electron chi connectivity index (χ4n) is 3.18. The summed E-state index contributed by atoms with van der Waals surface area (Å²) in [5, 5.41) is 2.48. The molecule has 1 N–H and O–H groups in total. The molecule has 2 aromatic rings. The van der Waals surface area contributed by atoms with E-state index in [1.165, 1.54) is 28.8 Å². The average Bonchev–Trinajstić information content (AvgIpc) is 3.03. The van der Waals surface area contributed by atoms with Crippen molar-refractivity contribution in [3.8, 4) is 0 Å². The van der Waals surface area contributed by atoms with Gasteiger partial charge in [-0.05, 0) is 37.6 Å². The Morgan fingerprint density at radius 3 is 2.72 bits per heavy atom. The SMILES string of the molecule is CC[C@H](SC1=Nc2ccccc2C2=N[C@H](C)C(=O)N12)C(=O)Nc1ccccc1F. The van der Waals surface area contributed by atoms with E-state index in [1.807, 2.05) is 31.2 Å². The van der Waals surface area contributed by atoms with E-state index >= 15 is 0 Å². The highest BCUT2D eigenvalue weighted by Gasteiger charge is 2.40. The van der Waals surface area contributed by atoms with Gasteiger partial charge in [0.15, 0.2) is 5.17 Å². The fourth-order valence-corrected chi connectivity index (χ4v) is 4.20. The molecule has 8 heteroatoms. The monoisotopic (exact) mass is 410 g/mol. The number of carbonyl (C=O) groups excluding carboxylic acids is 2. The number of para-hydroxylation sites is 2. The highest BCUT2D eigenvalue weighted by Crippen LogP contribution is 2.35. The number of nitrogens with one attached hydrogen (secondary N) is 1. The first-order valence-corrected chi connectivity index (χ1v) is 10.2. The third kappa shape index (κ3) is 3.55. The van der Waals surface area contributed by atoms with E-state index in [-0.39, 0.29) is 17.5 Å². The Kier molecular flexibility index (Phi) is 5.19. The van der Waals surface area contributed by atoms with Gasteiger partial charge < -0.3 is 5.32 Å². The summed E-state index contributed by atoms with van der Waals surface area (Å²) in [6.07, 6.45) is 0.482. The topological polar surface area (TPSA) is 74.1 Å². The van der Waals surface area contributed by atoms with E-state index in [0.29, 0.717) is 23.1 Å². The number of carbonyl (C=O) groups is 2. The Morgan fingerprint density at radius 1 is 1.24 bits per heavy atom. The molecule has 2 atom stereocenters. The quantitative estimate of drug-likeness (QED) is 0.829. The van der Waals surface area contributed by atoms with Crippen LogP contribution >= 0.6 is 11.8 Å². The van der Waals surface area contributed by atoms with E-state index in [0.717, 1.165) is 5.56 Å². The number of amides is 2. The molecule has 0 bridgehead atoms. The molecule has 4 rings (SSSR count). The van der Waals surface area contributed by atoms with Crippen molar-refractivity contribution >= 4 is 46.0 Å². The summed E-state index contributed by atoms with van der Waals surface area (Å²) >= 11 is 1.18. The molecule has 0 saturated heterocycles. The lowest BCUT2D eigenvalue weighted by Crippen LogP contribution is -2.42. The summed E-state index contributed by atoms with van der Waals surface area (Å²) in [5.74, 6) is -0.463. The van der Waals surface area contributed by atoms with Crippen molar-refractivity contribution in [2.45, 2.75) is 31.6 Å². The van der Waals surface area contributed by atoms with E-state index in [2.05, 4.69) is 15.3 Å². The van der Waals surface area contributed by atoms with Crippen LogP contribution in [-0.2, 0) is 9.59 Å². The number of nitrogens with zero attached hydrogens (tertiary/aromatic N) is 3. The summed E-state index contributed by atoms with van der Waals surface area (Å²) in [7, 11) is 0. The highest BCUT2D eigenvalue weighted by molar-refractivity contribution is 8.15.